The zero-order chi connectivity index (χ0) is 21.5. The Kier molecular flexibility index (Phi) is 5.21. The molecule has 2 heterocycles. The number of carbonyl (C=O) groups excluding carboxylic acids is 1. The lowest BCUT2D eigenvalue weighted by molar-refractivity contribution is 0.0981. The summed E-state index contributed by atoms with van der Waals surface area (Å²) in [6, 6.07) is 14.9. The van der Waals surface area contributed by atoms with E-state index in [9.17, 15) is 13.2 Å². The summed E-state index contributed by atoms with van der Waals surface area (Å²) >= 11 is 0. The molecular formula is C22H23N3O4S. The van der Waals surface area contributed by atoms with Crippen LogP contribution in [0.25, 0.3) is 0 Å². The molecule has 1 amide bonds. The first-order valence-corrected chi connectivity index (χ1v) is 11.2. The maximum Gasteiger partial charge on any atom is 0.258 e. The number of nitrogens with one attached hydrogen (secondary N) is 1. The van der Waals surface area contributed by atoms with E-state index in [-0.39, 0.29) is 29.1 Å². The van der Waals surface area contributed by atoms with E-state index in [1.165, 1.54) is 0 Å². The number of sulfonamides is 1. The minimum atomic E-state index is -3.76. The van der Waals surface area contributed by atoms with Crippen molar-refractivity contribution in [3.8, 4) is 0 Å². The van der Waals surface area contributed by atoms with E-state index in [1.807, 2.05) is 43.3 Å². The van der Waals surface area contributed by atoms with Gasteiger partial charge in [0.05, 0.1) is 0 Å². The number of hydrogen-bond acceptors (Lipinski definition) is 5. The van der Waals surface area contributed by atoms with Crippen LogP contribution in [0.2, 0.25) is 0 Å². The molecule has 0 aliphatic carbocycles. The normalized spacial score (nSPS) is 16.0. The fraction of sp³-hybridized carbons (Fsp3) is 0.273. The van der Waals surface area contributed by atoms with Crippen molar-refractivity contribution in [2.75, 3.05) is 4.90 Å². The third-order valence-electron chi connectivity index (χ3n) is 5.31. The van der Waals surface area contributed by atoms with Gasteiger partial charge in [-0.2, -0.15) is 0 Å². The SMILES string of the molecule is Cc1noc(C)c1S(=O)(=O)NCc1ccc2c(c1)N(C(=O)c1ccccc1)C(C)C2. The quantitative estimate of drug-likeness (QED) is 0.677. The summed E-state index contributed by atoms with van der Waals surface area (Å²) in [5, 5.41) is 3.71. The fourth-order valence-corrected chi connectivity index (χ4v) is 5.24. The van der Waals surface area contributed by atoms with Gasteiger partial charge in [-0.1, -0.05) is 35.5 Å². The smallest absolute Gasteiger partial charge is 0.258 e. The van der Waals surface area contributed by atoms with Crippen LogP contribution >= 0.6 is 0 Å². The molecule has 0 radical (unpaired) electrons. The Labute approximate surface area is 175 Å². The van der Waals surface area contributed by atoms with Crippen molar-refractivity contribution in [1.82, 2.24) is 9.88 Å². The van der Waals surface area contributed by atoms with Crippen LogP contribution in [0.4, 0.5) is 5.69 Å². The summed E-state index contributed by atoms with van der Waals surface area (Å²) in [6.07, 6.45) is 0.763. The van der Waals surface area contributed by atoms with E-state index in [1.54, 1.807) is 30.9 Å². The van der Waals surface area contributed by atoms with E-state index < -0.39 is 10.0 Å². The van der Waals surface area contributed by atoms with Gasteiger partial charge < -0.3 is 9.42 Å². The van der Waals surface area contributed by atoms with Crippen molar-refractivity contribution in [3.63, 3.8) is 0 Å². The molecule has 1 aliphatic heterocycles. The van der Waals surface area contributed by atoms with Crippen LogP contribution in [0.5, 0.6) is 0 Å². The summed E-state index contributed by atoms with van der Waals surface area (Å²) in [7, 11) is -3.76. The largest absolute Gasteiger partial charge is 0.360 e. The number of carbonyl (C=O) groups is 1. The first-order valence-electron chi connectivity index (χ1n) is 9.71. The average Bonchev–Trinajstić information content (AvgIpc) is 3.24. The van der Waals surface area contributed by atoms with E-state index in [2.05, 4.69) is 9.88 Å². The van der Waals surface area contributed by atoms with Gasteiger partial charge in [-0.05, 0) is 56.5 Å². The van der Waals surface area contributed by atoms with E-state index >= 15 is 0 Å². The predicted molar refractivity (Wildman–Crippen MR) is 113 cm³/mol. The average molecular weight is 426 g/mol. The minimum absolute atomic E-state index is 0.0296. The van der Waals surface area contributed by atoms with Crippen LogP contribution < -0.4 is 9.62 Å². The number of rotatable bonds is 5. The van der Waals surface area contributed by atoms with Crippen LogP contribution in [-0.2, 0) is 23.0 Å². The van der Waals surface area contributed by atoms with Crippen LogP contribution in [0, 0.1) is 13.8 Å². The first kappa shape index (κ1) is 20.3. The van der Waals surface area contributed by atoms with Gasteiger partial charge in [0, 0.05) is 23.8 Å². The van der Waals surface area contributed by atoms with E-state index in [0.29, 0.717) is 11.3 Å². The van der Waals surface area contributed by atoms with Gasteiger partial charge >= 0.3 is 0 Å². The molecule has 0 saturated carbocycles. The summed E-state index contributed by atoms with van der Waals surface area (Å²) in [4.78, 5) is 14.9. The Morgan fingerprint density at radius 1 is 1.20 bits per heavy atom. The molecule has 1 N–H and O–H groups in total. The molecule has 3 aromatic rings. The summed E-state index contributed by atoms with van der Waals surface area (Å²) in [5.74, 6) is 0.192. The molecule has 1 aromatic heterocycles. The van der Waals surface area contributed by atoms with Gasteiger partial charge in [0.15, 0.2) is 5.76 Å². The second-order valence-corrected chi connectivity index (χ2v) is 9.24. The van der Waals surface area contributed by atoms with Gasteiger partial charge in [0.1, 0.15) is 10.6 Å². The highest BCUT2D eigenvalue weighted by atomic mass is 32.2. The molecule has 1 atom stereocenters. The van der Waals surface area contributed by atoms with Gasteiger partial charge in [0.2, 0.25) is 10.0 Å². The molecule has 156 valence electrons. The number of aromatic nitrogens is 1. The minimum Gasteiger partial charge on any atom is -0.360 e. The molecule has 0 fully saturated rings. The standard InChI is InChI=1S/C22H23N3O4S/c1-14-11-19-10-9-17(13-23-30(27,28)21-15(2)24-29-16(21)3)12-20(19)25(14)22(26)18-7-5-4-6-8-18/h4-10,12,14,23H,11,13H2,1-3H3. The van der Waals surface area contributed by atoms with Gasteiger partial charge in [-0.25, -0.2) is 13.1 Å². The highest BCUT2D eigenvalue weighted by Crippen LogP contribution is 2.34. The number of nitrogens with zero attached hydrogens (tertiary/aromatic N) is 2. The van der Waals surface area contributed by atoms with Crippen molar-refractivity contribution < 1.29 is 17.7 Å². The maximum absolute atomic E-state index is 13.1. The van der Waals surface area contributed by atoms with Crippen molar-refractivity contribution in [2.24, 2.45) is 0 Å². The highest BCUT2D eigenvalue weighted by Gasteiger charge is 2.32. The Morgan fingerprint density at radius 3 is 2.60 bits per heavy atom. The molecule has 2 aromatic carbocycles. The number of amides is 1. The molecular weight excluding hydrogens is 402 g/mol. The molecule has 8 heteroatoms. The maximum atomic E-state index is 13.1. The monoisotopic (exact) mass is 425 g/mol. The molecule has 4 rings (SSSR count). The Balaban J connectivity index is 1.58. The van der Waals surface area contributed by atoms with Crippen LogP contribution in [0.3, 0.4) is 0 Å². The van der Waals surface area contributed by atoms with Crippen LogP contribution in [0.1, 0.15) is 39.9 Å². The molecule has 0 bridgehead atoms. The number of benzene rings is 2. The van der Waals surface area contributed by atoms with Crippen molar-refractivity contribution in [3.05, 3.63) is 76.7 Å². The number of anilines is 1. The van der Waals surface area contributed by atoms with Crippen LogP contribution in [-0.4, -0.2) is 25.5 Å². The zero-order valence-corrected chi connectivity index (χ0v) is 17.9. The molecule has 0 spiro atoms. The third kappa shape index (κ3) is 3.64. The Hall–Kier alpha value is -2.97. The molecule has 1 unspecified atom stereocenters. The lowest BCUT2D eigenvalue weighted by Gasteiger charge is -2.23. The fourth-order valence-electron chi connectivity index (χ4n) is 3.90. The molecule has 7 nitrogen and oxygen atoms in total. The topological polar surface area (TPSA) is 92.5 Å². The second kappa shape index (κ2) is 7.70. The lowest BCUT2D eigenvalue weighted by atomic mass is 10.1. The van der Waals surface area contributed by atoms with E-state index in [4.69, 9.17) is 4.52 Å². The van der Waals surface area contributed by atoms with E-state index in [0.717, 1.165) is 23.2 Å². The number of aryl methyl sites for hydroxylation is 2. The number of fused-ring (bicyclic) bond motifs is 1. The number of hydrogen-bond donors (Lipinski definition) is 1. The Bertz CT molecular complexity index is 1180. The molecule has 30 heavy (non-hydrogen) atoms. The summed E-state index contributed by atoms with van der Waals surface area (Å²) in [6.45, 7) is 5.27. The summed E-state index contributed by atoms with van der Waals surface area (Å²) in [5.41, 5.74) is 3.61. The zero-order valence-electron chi connectivity index (χ0n) is 17.0. The third-order valence-corrected chi connectivity index (χ3v) is 6.95. The van der Waals surface area contributed by atoms with Gasteiger partial charge in [-0.15, -0.1) is 0 Å². The lowest BCUT2D eigenvalue weighted by Crippen LogP contribution is -2.35. The Morgan fingerprint density at radius 2 is 1.93 bits per heavy atom. The molecule has 1 aliphatic rings. The predicted octanol–water partition coefficient (Wildman–Crippen LogP) is 3.36. The second-order valence-electron chi connectivity index (χ2n) is 7.54. The van der Waals surface area contributed by atoms with Gasteiger partial charge in [0.25, 0.3) is 5.91 Å². The van der Waals surface area contributed by atoms with Gasteiger partial charge in [-0.3, -0.25) is 4.79 Å². The summed E-state index contributed by atoms with van der Waals surface area (Å²) < 4.78 is 32.9. The molecule has 0 saturated heterocycles. The van der Waals surface area contributed by atoms with Crippen molar-refractivity contribution >= 4 is 21.6 Å². The van der Waals surface area contributed by atoms with Crippen molar-refractivity contribution in [1.29, 1.82) is 0 Å². The first-order chi connectivity index (χ1) is 14.3. The van der Waals surface area contributed by atoms with Crippen molar-refractivity contribution in [2.45, 2.75) is 44.7 Å². The highest BCUT2D eigenvalue weighted by molar-refractivity contribution is 7.89. The van der Waals surface area contributed by atoms with Crippen LogP contribution in [0.15, 0.2) is 57.9 Å².